The van der Waals surface area contributed by atoms with E-state index < -0.39 is 0 Å². The minimum Gasteiger partial charge on any atom is -0.379 e. The van der Waals surface area contributed by atoms with Crippen LogP contribution in [-0.2, 0) is 4.74 Å². The SMILES string of the molecule is CCCNc1cc(NC2(C)CCCOC2)nc(SC)n1. The molecular formula is C14H24N4OS. The second-order valence-electron chi connectivity index (χ2n) is 5.39. The van der Waals surface area contributed by atoms with Crippen molar-refractivity contribution in [1.82, 2.24) is 9.97 Å². The molecule has 2 rings (SSSR count). The minimum atomic E-state index is -0.0374. The normalized spacial score (nSPS) is 22.6. The van der Waals surface area contributed by atoms with Gasteiger partial charge in [0.2, 0.25) is 0 Å². The van der Waals surface area contributed by atoms with Gasteiger partial charge in [-0.3, -0.25) is 0 Å². The standard InChI is InChI=1S/C14H24N4OS/c1-4-7-15-11-9-12(17-13(16-11)20-3)18-14(2)6-5-8-19-10-14/h9H,4-8,10H2,1-3H3,(H2,15,16,17,18). The molecule has 0 aliphatic carbocycles. The van der Waals surface area contributed by atoms with Crippen molar-refractivity contribution in [3.05, 3.63) is 6.07 Å². The third-order valence-electron chi connectivity index (χ3n) is 3.31. The van der Waals surface area contributed by atoms with Gasteiger partial charge in [-0.1, -0.05) is 18.7 Å². The van der Waals surface area contributed by atoms with E-state index in [1.54, 1.807) is 11.8 Å². The van der Waals surface area contributed by atoms with Gasteiger partial charge in [0.05, 0.1) is 12.1 Å². The lowest BCUT2D eigenvalue weighted by molar-refractivity contribution is 0.0538. The molecule has 2 N–H and O–H groups in total. The number of ether oxygens (including phenoxy) is 1. The molecule has 5 nitrogen and oxygen atoms in total. The Morgan fingerprint density at radius 1 is 1.40 bits per heavy atom. The van der Waals surface area contributed by atoms with Gasteiger partial charge in [-0.05, 0) is 32.4 Å². The van der Waals surface area contributed by atoms with E-state index in [1.165, 1.54) is 0 Å². The Morgan fingerprint density at radius 2 is 2.20 bits per heavy atom. The molecule has 0 radical (unpaired) electrons. The van der Waals surface area contributed by atoms with Crippen molar-refractivity contribution >= 4 is 23.4 Å². The minimum absolute atomic E-state index is 0.0374. The van der Waals surface area contributed by atoms with Crippen molar-refractivity contribution in [3.8, 4) is 0 Å². The van der Waals surface area contributed by atoms with Crippen LogP contribution in [0.4, 0.5) is 11.6 Å². The van der Waals surface area contributed by atoms with E-state index in [0.29, 0.717) is 0 Å². The molecule has 1 aromatic heterocycles. The van der Waals surface area contributed by atoms with Crippen molar-refractivity contribution in [1.29, 1.82) is 0 Å². The van der Waals surface area contributed by atoms with Crippen molar-refractivity contribution in [2.75, 3.05) is 36.6 Å². The molecule has 1 aliphatic heterocycles. The molecule has 0 spiro atoms. The summed E-state index contributed by atoms with van der Waals surface area (Å²) in [6.07, 6.45) is 5.26. The summed E-state index contributed by atoms with van der Waals surface area (Å²) in [5.74, 6) is 1.75. The summed E-state index contributed by atoms with van der Waals surface area (Å²) in [5.41, 5.74) is -0.0374. The highest BCUT2D eigenvalue weighted by molar-refractivity contribution is 7.98. The third kappa shape index (κ3) is 4.24. The first-order chi connectivity index (χ1) is 9.65. The second kappa shape index (κ2) is 7.13. The van der Waals surface area contributed by atoms with Crippen molar-refractivity contribution in [2.24, 2.45) is 0 Å². The number of hydrogen-bond donors (Lipinski definition) is 2. The van der Waals surface area contributed by atoms with Gasteiger partial charge < -0.3 is 15.4 Å². The van der Waals surface area contributed by atoms with Crippen molar-refractivity contribution in [3.63, 3.8) is 0 Å². The first-order valence-electron chi connectivity index (χ1n) is 7.18. The Labute approximate surface area is 125 Å². The lowest BCUT2D eigenvalue weighted by Crippen LogP contribution is -2.43. The highest BCUT2D eigenvalue weighted by Gasteiger charge is 2.28. The van der Waals surface area contributed by atoms with Gasteiger partial charge in [0.1, 0.15) is 11.6 Å². The maximum atomic E-state index is 5.58. The number of rotatable bonds is 6. The van der Waals surface area contributed by atoms with Gasteiger partial charge in [0.15, 0.2) is 5.16 Å². The first kappa shape index (κ1) is 15.4. The maximum Gasteiger partial charge on any atom is 0.191 e. The van der Waals surface area contributed by atoms with Crippen LogP contribution in [0.5, 0.6) is 0 Å². The lowest BCUT2D eigenvalue weighted by atomic mass is 9.95. The predicted molar refractivity (Wildman–Crippen MR) is 84.7 cm³/mol. The van der Waals surface area contributed by atoms with E-state index in [4.69, 9.17) is 4.74 Å². The third-order valence-corrected chi connectivity index (χ3v) is 3.86. The number of aromatic nitrogens is 2. The molecule has 6 heteroatoms. The smallest absolute Gasteiger partial charge is 0.191 e. The molecule has 1 unspecified atom stereocenters. The number of anilines is 2. The summed E-state index contributed by atoms with van der Waals surface area (Å²) in [4.78, 5) is 9.02. The quantitative estimate of drug-likeness (QED) is 0.621. The number of nitrogens with zero attached hydrogens (tertiary/aromatic N) is 2. The topological polar surface area (TPSA) is 59.1 Å². The van der Waals surface area contributed by atoms with Crippen LogP contribution < -0.4 is 10.6 Å². The molecule has 0 amide bonds. The summed E-state index contributed by atoms with van der Waals surface area (Å²) in [6, 6.07) is 1.98. The van der Waals surface area contributed by atoms with E-state index in [0.717, 1.165) is 55.8 Å². The molecule has 0 aromatic carbocycles. The van der Waals surface area contributed by atoms with Crippen molar-refractivity contribution in [2.45, 2.75) is 43.8 Å². The molecule has 1 atom stereocenters. The average Bonchev–Trinajstić information content (AvgIpc) is 2.45. The van der Waals surface area contributed by atoms with Crippen LogP contribution >= 0.6 is 11.8 Å². The Bertz CT molecular complexity index is 435. The fourth-order valence-electron chi connectivity index (χ4n) is 2.27. The first-order valence-corrected chi connectivity index (χ1v) is 8.40. The van der Waals surface area contributed by atoms with E-state index in [9.17, 15) is 0 Å². The van der Waals surface area contributed by atoms with Gasteiger partial charge in [-0.2, -0.15) is 0 Å². The van der Waals surface area contributed by atoms with Crippen LogP contribution in [0.15, 0.2) is 11.2 Å². The Morgan fingerprint density at radius 3 is 2.85 bits per heavy atom. The highest BCUT2D eigenvalue weighted by Crippen LogP contribution is 2.25. The molecule has 1 saturated heterocycles. The molecule has 20 heavy (non-hydrogen) atoms. The number of thioether (sulfide) groups is 1. The Kier molecular flexibility index (Phi) is 5.48. The fourth-order valence-corrected chi connectivity index (χ4v) is 2.65. The number of nitrogens with one attached hydrogen (secondary N) is 2. The second-order valence-corrected chi connectivity index (χ2v) is 6.17. The van der Waals surface area contributed by atoms with E-state index in [2.05, 4.69) is 34.4 Å². The van der Waals surface area contributed by atoms with Gasteiger partial charge in [0.25, 0.3) is 0 Å². The summed E-state index contributed by atoms with van der Waals surface area (Å²) in [7, 11) is 0. The molecule has 1 aromatic rings. The molecule has 0 saturated carbocycles. The van der Waals surface area contributed by atoms with Crippen LogP contribution in [0, 0.1) is 0 Å². The van der Waals surface area contributed by atoms with Gasteiger partial charge in [-0.15, -0.1) is 0 Å². The largest absolute Gasteiger partial charge is 0.379 e. The molecule has 2 heterocycles. The van der Waals surface area contributed by atoms with Crippen LogP contribution in [-0.4, -0.2) is 41.5 Å². The Balaban J connectivity index is 2.12. The maximum absolute atomic E-state index is 5.58. The van der Waals surface area contributed by atoms with Crippen molar-refractivity contribution < 1.29 is 4.74 Å². The predicted octanol–water partition coefficient (Wildman–Crippen LogP) is 3.00. The van der Waals surface area contributed by atoms with E-state index >= 15 is 0 Å². The molecular weight excluding hydrogens is 272 g/mol. The lowest BCUT2D eigenvalue weighted by Gasteiger charge is -2.34. The fraction of sp³-hybridized carbons (Fsp3) is 0.714. The molecule has 0 bridgehead atoms. The monoisotopic (exact) mass is 296 g/mol. The Hall–Kier alpha value is -1.01. The zero-order chi connectivity index (χ0) is 14.4. The average molecular weight is 296 g/mol. The van der Waals surface area contributed by atoms with E-state index in [-0.39, 0.29) is 5.54 Å². The van der Waals surface area contributed by atoms with Crippen LogP contribution in [0.1, 0.15) is 33.1 Å². The number of hydrogen-bond acceptors (Lipinski definition) is 6. The van der Waals surface area contributed by atoms with Gasteiger partial charge >= 0.3 is 0 Å². The zero-order valence-electron chi connectivity index (χ0n) is 12.5. The molecule has 112 valence electrons. The van der Waals surface area contributed by atoms with Gasteiger partial charge in [0, 0.05) is 19.2 Å². The summed E-state index contributed by atoms with van der Waals surface area (Å²) in [5, 5.41) is 7.63. The zero-order valence-corrected chi connectivity index (χ0v) is 13.3. The van der Waals surface area contributed by atoms with E-state index in [1.807, 2.05) is 12.3 Å². The highest BCUT2D eigenvalue weighted by atomic mass is 32.2. The van der Waals surface area contributed by atoms with Crippen LogP contribution in [0.25, 0.3) is 0 Å². The van der Waals surface area contributed by atoms with Gasteiger partial charge in [-0.25, -0.2) is 9.97 Å². The van der Waals surface area contributed by atoms with Crippen LogP contribution in [0.3, 0.4) is 0 Å². The molecule has 1 fully saturated rings. The summed E-state index contributed by atoms with van der Waals surface area (Å²) < 4.78 is 5.58. The molecule has 1 aliphatic rings. The summed E-state index contributed by atoms with van der Waals surface area (Å²) >= 11 is 1.56. The van der Waals surface area contributed by atoms with Crippen LogP contribution in [0.2, 0.25) is 0 Å². The summed E-state index contributed by atoms with van der Waals surface area (Å²) in [6.45, 7) is 6.84.